The van der Waals surface area contributed by atoms with E-state index in [1.165, 1.54) is 4.90 Å². The van der Waals surface area contributed by atoms with Gasteiger partial charge in [0.05, 0.1) is 6.42 Å². The van der Waals surface area contributed by atoms with Crippen LogP contribution in [0.2, 0.25) is 0 Å². The van der Waals surface area contributed by atoms with Crippen molar-refractivity contribution in [1.29, 1.82) is 0 Å². The van der Waals surface area contributed by atoms with Crippen LogP contribution in [0.15, 0.2) is 24.3 Å². The van der Waals surface area contributed by atoms with Crippen LogP contribution in [0.3, 0.4) is 0 Å². The quantitative estimate of drug-likeness (QED) is 0.438. The highest BCUT2D eigenvalue weighted by Crippen LogP contribution is 2.14. The van der Waals surface area contributed by atoms with E-state index < -0.39 is 0 Å². The number of benzene rings is 1. The third kappa shape index (κ3) is 7.11. The number of hydrogen-bond donors (Lipinski definition) is 2. The molecule has 8 nitrogen and oxygen atoms in total. The summed E-state index contributed by atoms with van der Waals surface area (Å²) in [7, 11) is 0. The van der Waals surface area contributed by atoms with Crippen LogP contribution < -0.4 is 10.6 Å². The summed E-state index contributed by atoms with van der Waals surface area (Å²) in [6, 6.07) is 6.81. The zero-order valence-corrected chi connectivity index (χ0v) is 16.2. The van der Waals surface area contributed by atoms with E-state index >= 15 is 0 Å². The first kappa shape index (κ1) is 21.6. The van der Waals surface area contributed by atoms with Crippen molar-refractivity contribution in [3.8, 4) is 0 Å². The van der Waals surface area contributed by atoms with Gasteiger partial charge in [0.1, 0.15) is 13.2 Å². The van der Waals surface area contributed by atoms with Crippen molar-refractivity contribution in [1.82, 2.24) is 10.2 Å². The van der Waals surface area contributed by atoms with E-state index in [-0.39, 0.29) is 43.3 Å². The first-order valence-corrected chi connectivity index (χ1v) is 9.56. The van der Waals surface area contributed by atoms with Crippen LogP contribution in [0, 0.1) is 0 Å². The second-order valence-corrected chi connectivity index (χ2v) is 6.66. The summed E-state index contributed by atoms with van der Waals surface area (Å²) in [6.45, 7) is 2.81. The third-order valence-corrected chi connectivity index (χ3v) is 4.31. The summed E-state index contributed by atoms with van der Waals surface area (Å²) in [5.41, 5.74) is 1.33. The molecule has 2 rings (SSSR count). The molecule has 1 aliphatic rings. The van der Waals surface area contributed by atoms with Crippen LogP contribution in [0.1, 0.15) is 38.2 Å². The summed E-state index contributed by atoms with van der Waals surface area (Å²) in [5.74, 6) is -0.953. The highest BCUT2D eigenvalue weighted by atomic mass is 16.5. The number of ether oxygens (including phenoxy) is 1. The van der Waals surface area contributed by atoms with E-state index in [1.807, 2.05) is 0 Å². The topological polar surface area (TPSA) is 105 Å². The fraction of sp³-hybridized carbons (Fsp3) is 0.500. The van der Waals surface area contributed by atoms with Crippen molar-refractivity contribution in [2.24, 2.45) is 0 Å². The van der Waals surface area contributed by atoms with Gasteiger partial charge >= 0.3 is 0 Å². The Morgan fingerprint density at radius 1 is 1.07 bits per heavy atom. The molecule has 0 spiro atoms. The van der Waals surface area contributed by atoms with Gasteiger partial charge in [-0.2, -0.15) is 0 Å². The third-order valence-electron chi connectivity index (χ3n) is 4.31. The maximum absolute atomic E-state index is 11.9. The molecule has 0 aromatic heterocycles. The summed E-state index contributed by atoms with van der Waals surface area (Å²) < 4.78 is 5.11. The minimum absolute atomic E-state index is 0.136. The molecule has 0 atom stereocenters. The second kappa shape index (κ2) is 11.2. The van der Waals surface area contributed by atoms with Crippen molar-refractivity contribution in [2.75, 3.05) is 31.6 Å². The summed E-state index contributed by atoms with van der Waals surface area (Å²) in [6.07, 6.45) is 3.66. The molecule has 0 aliphatic carbocycles. The highest BCUT2D eigenvalue weighted by Gasteiger charge is 2.29. The van der Waals surface area contributed by atoms with E-state index in [2.05, 4.69) is 17.6 Å². The lowest BCUT2D eigenvalue weighted by atomic mass is 10.1. The second-order valence-electron chi connectivity index (χ2n) is 6.66. The maximum Gasteiger partial charge on any atom is 0.250 e. The molecule has 152 valence electrons. The number of carbonyl (C=O) groups is 4. The first-order valence-electron chi connectivity index (χ1n) is 9.56. The summed E-state index contributed by atoms with van der Waals surface area (Å²) in [5, 5.41) is 5.40. The van der Waals surface area contributed by atoms with Crippen molar-refractivity contribution < 1.29 is 23.9 Å². The Balaban J connectivity index is 1.64. The van der Waals surface area contributed by atoms with Crippen LogP contribution in [-0.2, 0) is 30.3 Å². The van der Waals surface area contributed by atoms with Gasteiger partial charge in [-0.25, -0.2) is 0 Å². The lowest BCUT2D eigenvalue weighted by molar-refractivity contribution is -0.152. The normalized spacial score (nSPS) is 13.0. The van der Waals surface area contributed by atoms with Gasteiger partial charge in [0, 0.05) is 25.2 Å². The van der Waals surface area contributed by atoms with E-state index in [4.69, 9.17) is 4.74 Å². The lowest BCUT2D eigenvalue weighted by Crippen LogP contribution is -2.48. The largest absolute Gasteiger partial charge is 0.362 e. The molecule has 28 heavy (non-hydrogen) atoms. The van der Waals surface area contributed by atoms with E-state index in [0.717, 1.165) is 24.8 Å². The number of β-lactam (4-membered cyclic amide) rings is 1. The smallest absolute Gasteiger partial charge is 0.250 e. The van der Waals surface area contributed by atoms with Crippen LogP contribution in [0.25, 0.3) is 0 Å². The van der Waals surface area contributed by atoms with Gasteiger partial charge in [-0.1, -0.05) is 31.9 Å². The SMILES string of the molecule is CCCCCNC(=O)COCC(=O)Nc1ccc(CC(=O)N2CCC2=O)cc1. The molecule has 1 aromatic carbocycles. The predicted octanol–water partition coefficient (Wildman–Crippen LogP) is 1.25. The fourth-order valence-corrected chi connectivity index (χ4v) is 2.64. The predicted molar refractivity (Wildman–Crippen MR) is 103 cm³/mol. The molecule has 0 radical (unpaired) electrons. The minimum Gasteiger partial charge on any atom is -0.362 e. The minimum atomic E-state index is -0.367. The van der Waals surface area contributed by atoms with Crippen LogP contribution in [0.4, 0.5) is 5.69 Å². The van der Waals surface area contributed by atoms with E-state index in [1.54, 1.807) is 24.3 Å². The average Bonchev–Trinajstić information content (AvgIpc) is 2.65. The number of nitrogens with one attached hydrogen (secondary N) is 2. The monoisotopic (exact) mass is 389 g/mol. The lowest BCUT2D eigenvalue weighted by Gasteiger charge is -2.28. The number of rotatable bonds is 11. The molecule has 0 bridgehead atoms. The Labute approximate surface area is 164 Å². The number of nitrogens with zero attached hydrogens (tertiary/aromatic N) is 1. The van der Waals surface area contributed by atoms with E-state index in [0.29, 0.717) is 25.2 Å². The molecule has 1 saturated heterocycles. The fourth-order valence-electron chi connectivity index (χ4n) is 2.64. The molecule has 0 unspecified atom stereocenters. The molecule has 1 aliphatic heterocycles. The van der Waals surface area contributed by atoms with Crippen molar-refractivity contribution >= 4 is 29.3 Å². The van der Waals surface area contributed by atoms with Crippen molar-refractivity contribution in [3.05, 3.63) is 29.8 Å². The number of unbranched alkanes of at least 4 members (excludes halogenated alkanes) is 2. The Kier molecular flexibility index (Phi) is 8.61. The summed E-state index contributed by atoms with van der Waals surface area (Å²) >= 11 is 0. The van der Waals surface area contributed by atoms with Gasteiger partial charge in [0.15, 0.2) is 0 Å². The van der Waals surface area contributed by atoms with Gasteiger partial charge < -0.3 is 15.4 Å². The molecule has 8 heteroatoms. The molecule has 0 saturated carbocycles. The Bertz CT molecular complexity index is 702. The Hall–Kier alpha value is -2.74. The maximum atomic E-state index is 11.9. The molecular formula is C20H27N3O5. The number of imide groups is 1. The number of likely N-dealkylation sites (tertiary alicyclic amines) is 1. The number of hydrogen-bond acceptors (Lipinski definition) is 5. The molecule has 1 fully saturated rings. The molecular weight excluding hydrogens is 362 g/mol. The van der Waals surface area contributed by atoms with Gasteiger partial charge in [0.25, 0.3) is 0 Å². The van der Waals surface area contributed by atoms with Gasteiger partial charge in [-0.3, -0.25) is 24.1 Å². The van der Waals surface area contributed by atoms with Gasteiger partial charge in [0.2, 0.25) is 23.6 Å². The first-order chi connectivity index (χ1) is 13.5. The molecule has 2 N–H and O–H groups in total. The number of carbonyl (C=O) groups excluding carboxylic acids is 4. The number of anilines is 1. The van der Waals surface area contributed by atoms with Gasteiger partial charge in [-0.05, 0) is 24.1 Å². The molecule has 1 heterocycles. The molecule has 4 amide bonds. The average molecular weight is 389 g/mol. The van der Waals surface area contributed by atoms with Gasteiger partial charge in [-0.15, -0.1) is 0 Å². The Morgan fingerprint density at radius 3 is 2.39 bits per heavy atom. The molecule has 1 aromatic rings. The highest BCUT2D eigenvalue weighted by molar-refractivity contribution is 6.00. The zero-order chi connectivity index (χ0) is 20.4. The van der Waals surface area contributed by atoms with Crippen LogP contribution in [-0.4, -0.2) is 54.8 Å². The van der Waals surface area contributed by atoms with Crippen LogP contribution in [0.5, 0.6) is 0 Å². The van der Waals surface area contributed by atoms with E-state index in [9.17, 15) is 19.2 Å². The number of amides is 4. The van der Waals surface area contributed by atoms with Crippen molar-refractivity contribution in [3.63, 3.8) is 0 Å². The Morgan fingerprint density at radius 2 is 1.79 bits per heavy atom. The standard InChI is InChI=1S/C20H27N3O5/c1-2-3-4-10-21-17(24)13-28-14-18(25)22-16-7-5-15(6-8-16)12-20(27)23-11-9-19(23)26/h5-8H,2-4,9-14H2,1H3,(H,21,24)(H,22,25). The van der Waals surface area contributed by atoms with Crippen LogP contribution >= 0.6 is 0 Å². The zero-order valence-electron chi connectivity index (χ0n) is 16.2. The van der Waals surface area contributed by atoms with Crippen molar-refractivity contribution in [2.45, 2.75) is 39.0 Å². The summed E-state index contributed by atoms with van der Waals surface area (Å²) in [4.78, 5) is 47.8.